The zero-order valence-electron chi connectivity index (χ0n) is 10.3. The number of amides is 1. The van der Waals surface area contributed by atoms with Gasteiger partial charge in [-0.1, -0.05) is 11.6 Å². The number of H-pyrrole nitrogens is 1. The first-order valence-corrected chi connectivity index (χ1v) is 7.34. The molecule has 1 heterocycles. The van der Waals surface area contributed by atoms with Crippen LogP contribution in [0.2, 0.25) is 5.02 Å². The smallest absolute Gasteiger partial charge is 0.278 e. The van der Waals surface area contributed by atoms with Crippen LogP contribution < -0.4 is 10.0 Å². The van der Waals surface area contributed by atoms with Crippen molar-refractivity contribution in [3.8, 4) is 0 Å². The molecule has 1 amide bonds. The second kappa shape index (κ2) is 5.51. The van der Waals surface area contributed by atoms with Crippen LogP contribution in [0, 0.1) is 0 Å². The summed E-state index contributed by atoms with van der Waals surface area (Å²) in [7, 11) is -3.74. The van der Waals surface area contributed by atoms with Crippen molar-refractivity contribution in [2.75, 3.05) is 10.0 Å². The van der Waals surface area contributed by atoms with Gasteiger partial charge in [-0.3, -0.25) is 14.6 Å². The average molecular weight is 315 g/mol. The molecule has 0 fully saturated rings. The molecule has 9 heteroatoms. The van der Waals surface area contributed by atoms with Gasteiger partial charge in [0.15, 0.2) is 5.03 Å². The molecule has 2 aromatic rings. The van der Waals surface area contributed by atoms with E-state index in [-0.39, 0.29) is 21.6 Å². The standard InChI is InChI=1S/C11H11ClN4O3S/c1-7(17)14-10-3-2-8(6-9(10)12)16-20(18,19)11-4-5-13-15-11/h2-6,16H,1H3,(H,13,15)(H,14,17). The van der Waals surface area contributed by atoms with Gasteiger partial charge in [0, 0.05) is 6.92 Å². The fourth-order valence-corrected chi connectivity index (χ4v) is 2.66. The Morgan fingerprint density at radius 1 is 1.35 bits per heavy atom. The summed E-state index contributed by atoms with van der Waals surface area (Å²) in [5.74, 6) is -0.266. The molecule has 106 valence electrons. The summed E-state index contributed by atoms with van der Waals surface area (Å²) in [6, 6.07) is 5.73. The van der Waals surface area contributed by atoms with Crippen LogP contribution in [0.4, 0.5) is 11.4 Å². The summed E-state index contributed by atoms with van der Waals surface area (Å²) in [5.41, 5.74) is 0.683. The fourth-order valence-electron chi connectivity index (χ4n) is 1.47. The molecule has 0 aliphatic carbocycles. The molecule has 0 atom stereocenters. The van der Waals surface area contributed by atoms with Crippen molar-refractivity contribution in [1.29, 1.82) is 0 Å². The first-order valence-electron chi connectivity index (χ1n) is 5.48. The van der Waals surface area contributed by atoms with E-state index < -0.39 is 10.0 Å². The molecule has 0 aliphatic rings. The molecular weight excluding hydrogens is 304 g/mol. The topological polar surface area (TPSA) is 104 Å². The lowest BCUT2D eigenvalue weighted by Crippen LogP contribution is -2.13. The van der Waals surface area contributed by atoms with Crippen LogP contribution in [-0.4, -0.2) is 24.5 Å². The molecule has 0 aliphatic heterocycles. The molecule has 3 N–H and O–H groups in total. The van der Waals surface area contributed by atoms with E-state index in [4.69, 9.17) is 11.6 Å². The predicted molar refractivity (Wildman–Crippen MR) is 75.2 cm³/mol. The van der Waals surface area contributed by atoms with Crippen molar-refractivity contribution in [3.63, 3.8) is 0 Å². The van der Waals surface area contributed by atoms with E-state index in [0.29, 0.717) is 5.69 Å². The van der Waals surface area contributed by atoms with E-state index in [1.54, 1.807) is 0 Å². The molecule has 0 unspecified atom stereocenters. The van der Waals surface area contributed by atoms with Crippen LogP contribution in [0.1, 0.15) is 6.92 Å². The predicted octanol–water partition coefficient (Wildman–Crippen LogP) is 1.82. The molecule has 0 saturated heterocycles. The number of carbonyl (C=O) groups excluding carboxylic acids is 1. The van der Waals surface area contributed by atoms with Crippen molar-refractivity contribution in [1.82, 2.24) is 10.2 Å². The van der Waals surface area contributed by atoms with Crippen LogP contribution in [0.3, 0.4) is 0 Å². The highest BCUT2D eigenvalue weighted by atomic mass is 35.5. The highest BCUT2D eigenvalue weighted by Gasteiger charge is 2.16. The third-order valence-corrected chi connectivity index (χ3v) is 3.92. The van der Waals surface area contributed by atoms with Crippen LogP contribution in [0.5, 0.6) is 0 Å². The van der Waals surface area contributed by atoms with Gasteiger partial charge in [-0.15, -0.1) is 0 Å². The Kier molecular flexibility index (Phi) is 3.96. The Labute approximate surface area is 120 Å². The van der Waals surface area contributed by atoms with E-state index in [1.807, 2.05) is 0 Å². The number of aromatic nitrogens is 2. The van der Waals surface area contributed by atoms with E-state index in [2.05, 4.69) is 20.2 Å². The number of nitrogens with zero attached hydrogens (tertiary/aromatic N) is 1. The summed E-state index contributed by atoms with van der Waals surface area (Å²) in [6.07, 6.45) is 1.33. The highest BCUT2D eigenvalue weighted by Crippen LogP contribution is 2.26. The summed E-state index contributed by atoms with van der Waals surface area (Å²) in [5, 5.41) is 8.63. The summed E-state index contributed by atoms with van der Waals surface area (Å²) >= 11 is 5.96. The Balaban J connectivity index is 2.23. The van der Waals surface area contributed by atoms with Gasteiger partial charge in [-0.25, -0.2) is 0 Å². The number of aromatic amines is 1. The number of nitrogens with one attached hydrogen (secondary N) is 3. The number of hydrogen-bond donors (Lipinski definition) is 3. The van der Waals surface area contributed by atoms with Crippen LogP contribution in [0.25, 0.3) is 0 Å². The molecule has 0 bridgehead atoms. The lowest BCUT2D eigenvalue weighted by molar-refractivity contribution is -0.114. The number of anilines is 2. The minimum atomic E-state index is -3.74. The van der Waals surface area contributed by atoms with Gasteiger partial charge in [0.25, 0.3) is 10.0 Å². The molecule has 0 saturated carbocycles. The summed E-state index contributed by atoms with van der Waals surface area (Å²) in [6.45, 7) is 1.35. The highest BCUT2D eigenvalue weighted by molar-refractivity contribution is 7.92. The Hall–Kier alpha value is -2.06. The number of halogens is 1. The minimum Gasteiger partial charge on any atom is -0.325 e. The van der Waals surface area contributed by atoms with Crippen molar-refractivity contribution >= 4 is 38.9 Å². The summed E-state index contributed by atoms with van der Waals surface area (Å²) < 4.78 is 26.2. The van der Waals surface area contributed by atoms with Crippen molar-refractivity contribution in [2.45, 2.75) is 11.9 Å². The maximum atomic E-state index is 11.9. The van der Waals surface area contributed by atoms with E-state index in [0.717, 1.165) is 0 Å². The van der Waals surface area contributed by atoms with Gasteiger partial charge in [-0.2, -0.15) is 13.5 Å². The first-order chi connectivity index (χ1) is 9.38. The molecule has 20 heavy (non-hydrogen) atoms. The average Bonchev–Trinajstić information content (AvgIpc) is 2.86. The zero-order valence-corrected chi connectivity index (χ0v) is 11.9. The largest absolute Gasteiger partial charge is 0.325 e. The zero-order chi connectivity index (χ0) is 14.8. The van der Waals surface area contributed by atoms with Gasteiger partial charge in [-0.05, 0) is 24.3 Å². The van der Waals surface area contributed by atoms with Crippen LogP contribution in [-0.2, 0) is 14.8 Å². The number of hydrogen-bond acceptors (Lipinski definition) is 4. The Morgan fingerprint density at radius 3 is 2.65 bits per heavy atom. The second-order valence-electron chi connectivity index (χ2n) is 3.90. The number of benzene rings is 1. The van der Waals surface area contributed by atoms with Crippen molar-refractivity contribution < 1.29 is 13.2 Å². The van der Waals surface area contributed by atoms with Gasteiger partial charge in [0.1, 0.15) is 0 Å². The van der Waals surface area contributed by atoms with Crippen molar-refractivity contribution in [2.24, 2.45) is 0 Å². The Bertz CT molecular complexity index is 728. The Morgan fingerprint density at radius 2 is 2.10 bits per heavy atom. The number of rotatable bonds is 4. The van der Waals surface area contributed by atoms with E-state index >= 15 is 0 Å². The normalized spacial score (nSPS) is 11.1. The molecular formula is C11H11ClN4O3S. The maximum absolute atomic E-state index is 11.9. The van der Waals surface area contributed by atoms with E-state index in [1.165, 1.54) is 37.4 Å². The molecule has 2 rings (SSSR count). The summed E-state index contributed by atoms with van der Waals surface area (Å²) in [4.78, 5) is 10.9. The van der Waals surface area contributed by atoms with E-state index in [9.17, 15) is 13.2 Å². The van der Waals surface area contributed by atoms with Gasteiger partial charge in [0.05, 0.1) is 22.6 Å². The van der Waals surface area contributed by atoms with Gasteiger partial charge in [0.2, 0.25) is 5.91 Å². The molecule has 0 radical (unpaired) electrons. The number of sulfonamides is 1. The third kappa shape index (κ3) is 3.28. The third-order valence-electron chi connectivity index (χ3n) is 2.30. The monoisotopic (exact) mass is 314 g/mol. The van der Waals surface area contributed by atoms with Crippen LogP contribution >= 0.6 is 11.6 Å². The van der Waals surface area contributed by atoms with Gasteiger partial charge >= 0.3 is 0 Å². The maximum Gasteiger partial charge on any atom is 0.278 e. The number of carbonyl (C=O) groups is 1. The lowest BCUT2D eigenvalue weighted by Gasteiger charge is -2.09. The SMILES string of the molecule is CC(=O)Nc1ccc(NS(=O)(=O)c2ccn[nH]2)cc1Cl. The van der Waals surface area contributed by atoms with Crippen molar-refractivity contribution in [3.05, 3.63) is 35.5 Å². The molecule has 1 aromatic carbocycles. The van der Waals surface area contributed by atoms with Gasteiger partial charge < -0.3 is 5.32 Å². The van der Waals surface area contributed by atoms with Crippen LogP contribution in [0.15, 0.2) is 35.5 Å². The quantitative estimate of drug-likeness (QED) is 0.800. The minimum absolute atomic E-state index is 0.0560. The molecule has 0 spiro atoms. The first kappa shape index (κ1) is 14.4. The molecule has 1 aromatic heterocycles. The lowest BCUT2D eigenvalue weighted by atomic mass is 10.3. The fraction of sp³-hybridized carbons (Fsp3) is 0.0909. The second-order valence-corrected chi connectivity index (χ2v) is 5.96. The molecule has 7 nitrogen and oxygen atoms in total.